The van der Waals surface area contributed by atoms with Crippen molar-refractivity contribution in [1.29, 1.82) is 0 Å². The molecule has 0 radical (unpaired) electrons. The first-order valence-corrected chi connectivity index (χ1v) is 9.90. The Morgan fingerprint density at radius 1 is 1.19 bits per heavy atom. The lowest BCUT2D eigenvalue weighted by atomic mass is 9.79. The number of amides is 1. The van der Waals surface area contributed by atoms with Crippen LogP contribution in [0.2, 0.25) is 5.02 Å². The third-order valence-corrected chi connectivity index (χ3v) is 6.79. The van der Waals surface area contributed by atoms with E-state index in [1.54, 1.807) is 12.1 Å². The van der Waals surface area contributed by atoms with Crippen molar-refractivity contribution in [3.63, 3.8) is 0 Å². The molecule has 2 aliphatic rings. The van der Waals surface area contributed by atoms with Gasteiger partial charge in [0.05, 0.1) is 17.5 Å². The number of benzene rings is 1. The number of carbonyl (C=O) groups excluding carboxylic acids is 1. The number of carboxylic acids is 1. The molecule has 2 aliphatic carbocycles. The molecule has 1 aromatic carbocycles. The van der Waals surface area contributed by atoms with E-state index in [2.05, 4.69) is 10.3 Å². The molecular weight excluding hydrogens is 372 g/mol. The molecule has 2 N–H and O–H groups in total. The van der Waals surface area contributed by atoms with Gasteiger partial charge < -0.3 is 10.4 Å². The maximum atomic E-state index is 12.8. The standard InChI is InChI=1S/C19H19ClN2O3S/c1-9-16(10-4-6-13(20)7-5-10)21-19(26-9)22-17(23)14-11-2-3-12(8-11)15(14)18(24)25/h4-7,11-12,14-15H,2-3,8H2,1H3,(H,24,25)(H,21,22,23)/t11-,12+,14+,15+/m1/s1. The van der Waals surface area contributed by atoms with Crippen molar-refractivity contribution in [3.8, 4) is 11.3 Å². The number of aryl methyl sites for hydroxylation is 1. The Balaban J connectivity index is 1.54. The van der Waals surface area contributed by atoms with Gasteiger partial charge in [0, 0.05) is 15.5 Å². The first-order valence-electron chi connectivity index (χ1n) is 8.71. The van der Waals surface area contributed by atoms with Crippen LogP contribution in [-0.2, 0) is 9.59 Å². The molecule has 5 nitrogen and oxygen atoms in total. The third kappa shape index (κ3) is 3.01. The fourth-order valence-electron chi connectivity index (χ4n) is 4.54. The molecule has 2 saturated carbocycles. The van der Waals surface area contributed by atoms with Crippen molar-refractivity contribution in [2.45, 2.75) is 26.2 Å². The van der Waals surface area contributed by atoms with Crippen LogP contribution in [0.3, 0.4) is 0 Å². The number of aromatic nitrogens is 1. The predicted molar refractivity (Wildman–Crippen MR) is 101 cm³/mol. The summed E-state index contributed by atoms with van der Waals surface area (Å²) in [5.41, 5.74) is 1.75. The van der Waals surface area contributed by atoms with Gasteiger partial charge in [-0.25, -0.2) is 4.98 Å². The molecule has 136 valence electrons. The number of hydrogen-bond donors (Lipinski definition) is 2. The minimum Gasteiger partial charge on any atom is -0.481 e. The van der Waals surface area contributed by atoms with Crippen LogP contribution in [0.4, 0.5) is 5.13 Å². The number of nitrogens with one attached hydrogen (secondary N) is 1. The largest absolute Gasteiger partial charge is 0.481 e. The summed E-state index contributed by atoms with van der Waals surface area (Å²) >= 11 is 7.34. The first kappa shape index (κ1) is 17.5. The van der Waals surface area contributed by atoms with Gasteiger partial charge in [-0.2, -0.15) is 0 Å². The van der Waals surface area contributed by atoms with Gasteiger partial charge in [-0.3, -0.25) is 9.59 Å². The van der Waals surface area contributed by atoms with Crippen molar-refractivity contribution < 1.29 is 14.7 Å². The summed E-state index contributed by atoms with van der Waals surface area (Å²) < 4.78 is 0. The van der Waals surface area contributed by atoms with Crippen LogP contribution >= 0.6 is 22.9 Å². The third-order valence-electron chi connectivity index (χ3n) is 5.65. The van der Waals surface area contributed by atoms with Gasteiger partial charge in [0.1, 0.15) is 0 Å². The average molecular weight is 391 g/mol. The molecule has 26 heavy (non-hydrogen) atoms. The quantitative estimate of drug-likeness (QED) is 0.807. The molecule has 0 aliphatic heterocycles. The van der Waals surface area contributed by atoms with E-state index in [4.69, 9.17) is 11.6 Å². The lowest BCUT2D eigenvalue weighted by Gasteiger charge is -2.26. The van der Waals surface area contributed by atoms with Crippen LogP contribution in [0.15, 0.2) is 24.3 Å². The van der Waals surface area contributed by atoms with Crippen LogP contribution in [-0.4, -0.2) is 22.0 Å². The zero-order valence-electron chi connectivity index (χ0n) is 14.2. The molecule has 0 saturated heterocycles. The fourth-order valence-corrected chi connectivity index (χ4v) is 5.50. The Bertz CT molecular complexity index is 864. The van der Waals surface area contributed by atoms with Crippen LogP contribution in [0.1, 0.15) is 24.1 Å². The summed E-state index contributed by atoms with van der Waals surface area (Å²) in [5, 5.41) is 13.6. The number of aliphatic carboxylic acids is 1. The number of nitrogens with zero attached hydrogens (tertiary/aromatic N) is 1. The van der Waals surface area contributed by atoms with Crippen molar-refractivity contribution in [3.05, 3.63) is 34.2 Å². The number of thiazole rings is 1. The Morgan fingerprint density at radius 2 is 1.85 bits per heavy atom. The Labute approximate surface area is 160 Å². The highest BCUT2D eigenvalue weighted by Gasteiger charge is 2.54. The van der Waals surface area contributed by atoms with Crippen molar-refractivity contribution in [2.75, 3.05) is 5.32 Å². The monoisotopic (exact) mass is 390 g/mol. The van der Waals surface area contributed by atoms with Crippen LogP contribution in [0, 0.1) is 30.6 Å². The molecule has 1 aromatic heterocycles. The van der Waals surface area contributed by atoms with Crippen molar-refractivity contribution >= 4 is 39.9 Å². The number of fused-ring (bicyclic) bond motifs is 2. The molecule has 0 spiro atoms. The number of anilines is 1. The lowest BCUT2D eigenvalue weighted by Crippen LogP contribution is -2.37. The molecule has 7 heteroatoms. The topological polar surface area (TPSA) is 79.3 Å². The van der Waals surface area contributed by atoms with Crippen LogP contribution in [0.5, 0.6) is 0 Å². The molecule has 4 atom stereocenters. The SMILES string of the molecule is Cc1sc(NC(=O)[C@H]2[C@@H]3CC[C@@H](C3)[C@@H]2C(=O)O)nc1-c1ccc(Cl)cc1. The van der Waals surface area contributed by atoms with Crippen LogP contribution < -0.4 is 5.32 Å². The molecule has 2 fully saturated rings. The normalized spacial score (nSPS) is 26.8. The maximum Gasteiger partial charge on any atom is 0.307 e. The summed E-state index contributed by atoms with van der Waals surface area (Å²) in [6, 6.07) is 7.40. The summed E-state index contributed by atoms with van der Waals surface area (Å²) in [6.07, 6.45) is 2.71. The van der Waals surface area contributed by atoms with E-state index in [0.717, 1.165) is 35.4 Å². The van der Waals surface area contributed by atoms with E-state index in [0.29, 0.717) is 10.2 Å². The second-order valence-electron chi connectivity index (χ2n) is 7.14. The lowest BCUT2D eigenvalue weighted by molar-refractivity contribution is -0.148. The Hall–Kier alpha value is -1.92. The molecule has 4 rings (SSSR count). The maximum absolute atomic E-state index is 12.8. The minimum absolute atomic E-state index is 0.135. The smallest absolute Gasteiger partial charge is 0.307 e. The van der Waals surface area contributed by atoms with Gasteiger partial charge in [0.25, 0.3) is 0 Å². The summed E-state index contributed by atoms with van der Waals surface area (Å²) in [5.74, 6) is -1.76. The predicted octanol–water partition coefficient (Wildman–Crippen LogP) is 4.46. The Kier molecular flexibility index (Phi) is 4.49. The summed E-state index contributed by atoms with van der Waals surface area (Å²) in [6.45, 7) is 1.95. The second kappa shape index (κ2) is 6.67. The molecular formula is C19H19ClN2O3S. The van der Waals surface area contributed by atoms with Gasteiger partial charge in [0.15, 0.2) is 5.13 Å². The van der Waals surface area contributed by atoms with Gasteiger partial charge in [-0.15, -0.1) is 11.3 Å². The van der Waals surface area contributed by atoms with E-state index < -0.39 is 17.8 Å². The first-order chi connectivity index (χ1) is 12.4. The van der Waals surface area contributed by atoms with Gasteiger partial charge in [0.2, 0.25) is 5.91 Å². The van der Waals surface area contributed by atoms with E-state index in [1.165, 1.54) is 11.3 Å². The van der Waals surface area contributed by atoms with Gasteiger partial charge in [-0.05, 0) is 50.2 Å². The zero-order valence-corrected chi connectivity index (χ0v) is 15.8. The number of halogens is 1. The van der Waals surface area contributed by atoms with Crippen LogP contribution in [0.25, 0.3) is 11.3 Å². The minimum atomic E-state index is -0.852. The number of rotatable bonds is 4. The zero-order chi connectivity index (χ0) is 18.4. The van der Waals surface area contributed by atoms with Gasteiger partial charge >= 0.3 is 5.97 Å². The van der Waals surface area contributed by atoms with E-state index in [-0.39, 0.29) is 17.7 Å². The fraction of sp³-hybridized carbons (Fsp3) is 0.421. The number of carboxylic acid groups (broad SMARTS) is 1. The number of hydrogen-bond acceptors (Lipinski definition) is 4. The van der Waals surface area contributed by atoms with E-state index in [1.807, 2.05) is 19.1 Å². The summed E-state index contributed by atoms with van der Waals surface area (Å²) in [7, 11) is 0. The average Bonchev–Trinajstić information content (AvgIpc) is 3.29. The van der Waals surface area contributed by atoms with Gasteiger partial charge in [-0.1, -0.05) is 23.7 Å². The van der Waals surface area contributed by atoms with Crippen molar-refractivity contribution in [2.24, 2.45) is 23.7 Å². The van der Waals surface area contributed by atoms with Crippen molar-refractivity contribution in [1.82, 2.24) is 4.98 Å². The highest BCUT2D eigenvalue weighted by Crippen LogP contribution is 2.52. The summed E-state index contributed by atoms with van der Waals surface area (Å²) in [4.78, 5) is 30.0. The van der Waals surface area contributed by atoms with E-state index in [9.17, 15) is 14.7 Å². The number of carbonyl (C=O) groups is 2. The molecule has 0 unspecified atom stereocenters. The van der Waals surface area contributed by atoms with E-state index >= 15 is 0 Å². The molecule has 2 bridgehead atoms. The second-order valence-corrected chi connectivity index (χ2v) is 8.78. The highest BCUT2D eigenvalue weighted by atomic mass is 35.5. The Morgan fingerprint density at radius 3 is 2.50 bits per heavy atom. The molecule has 1 amide bonds. The highest BCUT2D eigenvalue weighted by molar-refractivity contribution is 7.16. The molecule has 1 heterocycles. The molecule has 2 aromatic rings.